The van der Waals surface area contributed by atoms with Crippen LogP contribution in [0.4, 0.5) is 0 Å². The standard InChI is InChI=1S/C16H28N2S/c1-5-18(6-2)12-13-19-14(3)16(17-4)15-10-8-7-9-11-15/h7-11,14,16-17H,5-6,12-13H2,1-4H3. The summed E-state index contributed by atoms with van der Waals surface area (Å²) < 4.78 is 0. The van der Waals surface area contributed by atoms with Crippen molar-refractivity contribution in [2.75, 3.05) is 32.4 Å². The molecule has 1 aromatic rings. The summed E-state index contributed by atoms with van der Waals surface area (Å²) in [6, 6.07) is 11.2. The molecule has 0 aromatic heterocycles. The molecule has 2 nitrogen and oxygen atoms in total. The summed E-state index contributed by atoms with van der Waals surface area (Å²) in [6.07, 6.45) is 0. The van der Waals surface area contributed by atoms with Crippen LogP contribution in [0.3, 0.4) is 0 Å². The molecule has 0 radical (unpaired) electrons. The summed E-state index contributed by atoms with van der Waals surface area (Å²) in [7, 11) is 2.05. The number of benzene rings is 1. The molecule has 1 N–H and O–H groups in total. The van der Waals surface area contributed by atoms with E-state index < -0.39 is 0 Å². The minimum atomic E-state index is 0.433. The van der Waals surface area contributed by atoms with Crippen molar-refractivity contribution < 1.29 is 0 Å². The van der Waals surface area contributed by atoms with Crippen LogP contribution < -0.4 is 5.32 Å². The summed E-state index contributed by atoms with van der Waals surface area (Å²) in [5.41, 5.74) is 1.38. The van der Waals surface area contributed by atoms with Crippen LogP contribution in [0.25, 0.3) is 0 Å². The second-order valence-electron chi connectivity index (χ2n) is 4.78. The van der Waals surface area contributed by atoms with Gasteiger partial charge in [0.25, 0.3) is 0 Å². The van der Waals surface area contributed by atoms with Gasteiger partial charge < -0.3 is 10.2 Å². The van der Waals surface area contributed by atoms with Crippen LogP contribution in [0, 0.1) is 0 Å². The first-order valence-electron chi connectivity index (χ1n) is 7.29. The lowest BCUT2D eigenvalue weighted by atomic mass is 10.0. The Morgan fingerprint density at radius 1 is 1.16 bits per heavy atom. The second-order valence-corrected chi connectivity index (χ2v) is 6.26. The summed E-state index contributed by atoms with van der Waals surface area (Å²) in [6.45, 7) is 10.3. The molecule has 0 heterocycles. The van der Waals surface area contributed by atoms with Crippen LogP contribution in [0.1, 0.15) is 32.4 Å². The zero-order valence-corrected chi connectivity index (χ0v) is 13.5. The summed E-state index contributed by atoms with van der Waals surface area (Å²) in [5.74, 6) is 1.20. The lowest BCUT2D eigenvalue weighted by Crippen LogP contribution is -2.28. The van der Waals surface area contributed by atoms with Gasteiger partial charge in [-0.05, 0) is 25.7 Å². The summed E-state index contributed by atoms with van der Waals surface area (Å²) in [4.78, 5) is 2.48. The van der Waals surface area contributed by atoms with E-state index in [0.717, 1.165) is 13.1 Å². The summed E-state index contributed by atoms with van der Waals surface area (Å²) in [5, 5.41) is 4.04. The van der Waals surface area contributed by atoms with E-state index in [0.29, 0.717) is 11.3 Å². The Morgan fingerprint density at radius 3 is 2.32 bits per heavy atom. The second kappa shape index (κ2) is 9.40. The van der Waals surface area contributed by atoms with Crippen molar-refractivity contribution in [1.82, 2.24) is 10.2 Å². The van der Waals surface area contributed by atoms with Crippen LogP contribution >= 0.6 is 11.8 Å². The zero-order chi connectivity index (χ0) is 14.1. The van der Waals surface area contributed by atoms with Crippen LogP contribution in [0.2, 0.25) is 0 Å². The van der Waals surface area contributed by atoms with E-state index in [2.05, 4.69) is 80.1 Å². The third-order valence-corrected chi connectivity index (χ3v) is 4.84. The van der Waals surface area contributed by atoms with E-state index in [4.69, 9.17) is 0 Å². The molecule has 0 aliphatic carbocycles. The first kappa shape index (κ1) is 16.5. The van der Waals surface area contributed by atoms with Crippen molar-refractivity contribution >= 4 is 11.8 Å². The van der Waals surface area contributed by atoms with E-state index in [1.54, 1.807) is 0 Å². The Balaban J connectivity index is 2.44. The van der Waals surface area contributed by atoms with Crippen LogP contribution in [-0.2, 0) is 0 Å². The number of hydrogen-bond acceptors (Lipinski definition) is 3. The van der Waals surface area contributed by atoms with Gasteiger partial charge >= 0.3 is 0 Å². The van der Waals surface area contributed by atoms with Crippen LogP contribution in [0.5, 0.6) is 0 Å². The average molecular weight is 280 g/mol. The first-order valence-corrected chi connectivity index (χ1v) is 8.33. The molecule has 1 rings (SSSR count). The minimum Gasteiger partial charge on any atom is -0.312 e. The fraction of sp³-hybridized carbons (Fsp3) is 0.625. The largest absolute Gasteiger partial charge is 0.312 e. The molecule has 0 saturated heterocycles. The van der Waals surface area contributed by atoms with E-state index in [-0.39, 0.29) is 0 Å². The minimum absolute atomic E-state index is 0.433. The Kier molecular flexibility index (Phi) is 8.19. The van der Waals surface area contributed by atoms with Crippen molar-refractivity contribution in [1.29, 1.82) is 0 Å². The van der Waals surface area contributed by atoms with Gasteiger partial charge in [-0.25, -0.2) is 0 Å². The van der Waals surface area contributed by atoms with Gasteiger partial charge in [-0.15, -0.1) is 0 Å². The molecular weight excluding hydrogens is 252 g/mol. The molecule has 2 atom stereocenters. The van der Waals surface area contributed by atoms with Gasteiger partial charge in [0.15, 0.2) is 0 Å². The predicted octanol–water partition coefficient (Wildman–Crippen LogP) is 3.41. The van der Waals surface area contributed by atoms with Gasteiger partial charge in [0.05, 0.1) is 0 Å². The topological polar surface area (TPSA) is 15.3 Å². The van der Waals surface area contributed by atoms with Gasteiger partial charge in [0, 0.05) is 23.6 Å². The maximum Gasteiger partial charge on any atom is 0.0435 e. The zero-order valence-electron chi connectivity index (χ0n) is 12.7. The molecule has 0 fully saturated rings. The Morgan fingerprint density at radius 2 is 1.79 bits per heavy atom. The third-order valence-electron chi connectivity index (χ3n) is 3.62. The molecular formula is C16H28N2S. The van der Waals surface area contributed by atoms with E-state index in [9.17, 15) is 0 Å². The predicted molar refractivity (Wildman–Crippen MR) is 88.0 cm³/mol. The molecule has 0 amide bonds. The van der Waals surface area contributed by atoms with Gasteiger partial charge in [-0.3, -0.25) is 0 Å². The SMILES string of the molecule is CCN(CC)CCSC(C)C(NC)c1ccccc1. The van der Waals surface area contributed by atoms with Crippen molar-refractivity contribution in [3.63, 3.8) is 0 Å². The Hall–Kier alpha value is -0.510. The van der Waals surface area contributed by atoms with Crippen molar-refractivity contribution in [2.24, 2.45) is 0 Å². The van der Waals surface area contributed by atoms with E-state index >= 15 is 0 Å². The number of hydrogen-bond donors (Lipinski definition) is 1. The number of thioether (sulfide) groups is 1. The molecule has 108 valence electrons. The smallest absolute Gasteiger partial charge is 0.0435 e. The van der Waals surface area contributed by atoms with Crippen molar-refractivity contribution in [3.05, 3.63) is 35.9 Å². The van der Waals surface area contributed by atoms with Crippen molar-refractivity contribution in [2.45, 2.75) is 32.1 Å². The molecule has 0 aliphatic heterocycles. The molecule has 0 aliphatic rings. The molecule has 0 saturated carbocycles. The van der Waals surface area contributed by atoms with Gasteiger partial charge in [-0.1, -0.05) is 51.1 Å². The van der Waals surface area contributed by atoms with Gasteiger partial charge in [0.2, 0.25) is 0 Å². The molecule has 3 heteroatoms. The lowest BCUT2D eigenvalue weighted by molar-refractivity contribution is 0.323. The van der Waals surface area contributed by atoms with Crippen molar-refractivity contribution in [3.8, 4) is 0 Å². The highest BCUT2D eigenvalue weighted by Crippen LogP contribution is 2.25. The number of nitrogens with one attached hydrogen (secondary N) is 1. The highest BCUT2D eigenvalue weighted by molar-refractivity contribution is 7.99. The Labute approximate surface area is 123 Å². The normalized spacial score (nSPS) is 14.6. The average Bonchev–Trinajstić information content (AvgIpc) is 2.45. The highest BCUT2D eigenvalue weighted by Gasteiger charge is 2.17. The summed E-state index contributed by atoms with van der Waals surface area (Å²) >= 11 is 2.06. The highest BCUT2D eigenvalue weighted by atomic mass is 32.2. The maximum atomic E-state index is 3.45. The number of nitrogens with zero attached hydrogens (tertiary/aromatic N) is 1. The van der Waals surface area contributed by atoms with E-state index in [1.165, 1.54) is 17.9 Å². The lowest BCUT2D eigenvalue weighted by Gasteiger charge is -2.25. The molecule has 0 bridgehead atoms. The molecule has 19 heavy (non-hydrogen) atoms. The molecule has 0 spiro atoms. The Bertz CT molecular complexity index is 325. The monoisotopic (exact) mass is 280 g/mol. The molecule has 2 unspecified atom stereocenters. The van der Waals surface area contributed by atoms with Crippen LogP contribution in [-0.4, -0.2) is 42.6 Å². The van der Waals surface area contributed by atoms with Crippen LogP contribution in [0.15, 0.2) is 30.3 Å². The van der Waals surface area contributed by atoms with Gasteiger partial charge in [0.1, 0.15) is 0 Å². The quantitative estimate of drug-likeness (QED) is 0.746. The fourth-order valence-corrected chi connectivity index (χ4v) is 3.56. The molecule has 1 aromatic carbocycles. The first-order chi connectivity index (χ1) is 9.22. The van der Waals surface area contributed by atoms with E-state index in [1.807, 2.05) is 0 Å². The number of rotatable bonds is 9. The maximum absolute atomic E-state index is 3.45. The van der Waals surface area contributed by atoms with Gasteiger partial charge in [-0.2, -0.15) is 11.8 Å². The fourth-order valence-electron chi connectivity index (χ4n) is 2.34. The third kappa shape index (κ3) is 5.55.